The van der Waals surface area contributed by atoms with Crippen molar-refractivity contribution in [1.82, 2.24) is 0 Å². The Morgan fingerprint density at radius 2 is 0.520 bits per heavy atom. The molecule has 0 aliphatic rings. The number of aliphatic hydroxyl groups excluding tert-OH is 1. The maximum absolute atomic E-state index is 13.1. The second-order valence-corrected chi connectivity index (χ2v) is 29.6. The summed E-state index contributed by atoms with van der Waals surface area (Å²) >= 11 is 0. The first-order valence-corrected chi connectivity index (χ1v) is 43.1. The lowest BCUT2D eigenvalue weighted by Gasteiger charge is -2.21. The summed E-state index contributed by atoms with van der Waals surface area (Å²) in [6, 6.07) is 0. The number of hydrogen-bond acceptors (Lipinski definition) is 15. The van der Waals surface area contributed by atoms with E-state index >= 15 is 0 Å². The fourth-order valence-corrected chi connectivity index (χ4v) is 12.1. The van der Waals surface area contributed by atoms with Crippen molar-refractivity contribution in [1.29, 1.82) is 0 Å². The van der Waals surface area contributed by atoms with Gasteiger partial charge in [0.25, 0.3) is 0 Å². The number of ether oxygens (including phenoxy) is 4. The molecule has 0 aromatic heterocycles. The van der Waals surface area contributed by atoms with Gasteiger partial charge in [-0.25, -0.2) is 9.13 Å². The van der Waals surface area contributed by atoms with E-state index in [9.17, 15) is 43.2 Å². The fourth-order valence-electron chi connectivity index (χ4n) is 10.5. The second-order valence-electron chi connectivity index (χ2n) is 26.7. The maximum atomic E-state index is 13.1. The third kappa shape index (κ3) is 74.0. The van der Waals surface area contributed by atoms with Crippen LogP contribution >= 0.6 is 15.6 Å². The quantitative estimate of drug-likeness (QED) is 0.0128. The number of allylic oxidation sites excluding steroid dienone is 18. The van der Waals surface area contributed by atoms with Crippen molar-refractivity contribution in [2.24, 2.45) is 0 Å². The van der Waals surface area contributed by atoms with Gasteiger partial charge in [0, 0.05) is 25.7 Å². The van der Waals surface area contributed by atoms with Gasteiger partial charge in [-0.1, -0.05) is 272 Å². The number of aliphatic hydroxyl groups is 1. The van der Waals surface area contributed by atoms with Gasteiger partial charge in [0.15, 0.2) is 12.2 Å². The first-order valence-electron chi connectivity index (χ1n) is 40.1. The fraction of sp³-hybridized carbons (Fsp3) is 0.735. The molecule has 0 saturated carbocycles. The molecule has 2 unspecified atom stereocenters. The minimum Gasteiger partial charge on any atom is -0.462 e. The normalized spacial score (nSPS) is 14.5. The number of esters is 4. The van der Waals surface area contributed by atoms with Crippen molar-refractivity contribution in [3.63, 3.8) is 0 Å². The molecular weight excluding hydrogens is 1330 g/mol. The Bertz CT molecular complexity index is 2360. The molecule has 0 aromatic rings. The zero-order chi connectivity index (χ0) is 74.6. The highest BCUT2D eigenvalue weighted by Crippen LogP contribution is 2.45. The van der Waals surface area contributed by atoms with Crippen LogP contribution in [0.1, 0.15) is 336 Å². The molecule has 0 aromatic carbocycles. The SMILES string of the molecule is CCCCC/C=C\C/C=C\C/C=C\C/C=C\CCCC(=O)O[C@H](COC(=O)CCCCCCC/C=C\C=C/CCCCCC)COP(=O)(O)OC[C@H](O)COP(=O)(O)OC[C@@H](COC(=O)CCCCCCC/C=C\CCCCCCCC)OC(=O)CCCCCCC/C=C\C/C=C\CCCCC. The Morgan fingerprint density at radius 3 is 0.873 bits per heavy atom. The summed E-state index contributed by atoms with van der Waals surface area (Å²) in [6.07, 6.45) is 80.7. The molecule has 3 N–H and O–H groups in total. The number of phosphoric acid groups is 2. The van der Waals surface area contributed by atoms with Gasteiger partial charge >= 0.3 is 39.5 Å². The van der Waals surface area contributed by atoms with Crippen LogP contribution in [-0.2, 0) is 65.4 Å². The summed E-state index contributed by atoms with van der Waals surface area (Å²) in [5.41, 5.74) is 0. The van der Waals surface area contributed by atoms with Crippen LogP contribution in [-0.4, -0.2) is 96.7 Å². The van der Waals surface area contributed by atoms with E-state index in [1.165, 1.54) is 103 Å². The van der Waals surface area contributed by atoms with Crippen LogP contribution in [0.4, 0.5) is 0 Å². The molecular formula is C83H144O17P2. The summed E-state index contributed by atoms with van der Waals surface area (Å²) in [7, 11) is -9.98. The number of phosphoric ester groups is 2. The van der Waals surface area contributed by atoms with Gasteiger partial charge in [0.2, 0.25) is 0 Å². The van der Waals surface area contributed by atoms with Crippen molar-refractivity contribution in [3.05, 3.63) is 109 Å². The van der Waals surface area contributed by atoms with E-state index in [1.54, 1.807) is 0 Å². The first kappa shape index (κ1) is 97.7. The smallest absolute Gasteiger partial charge is 0.462 e. The molecule has 0 radical (unpaired) electrons. The van der Waals surface area contributed by atoms with Crippen molar-refractivity contribution in [2.75, 3.05) is 39.6 Å². The van der Waals surface area contributed by atoms with Gasteiger partial charge in [-0.2, -0.15) is 0 Å². The van der Waals surface area contributed by atoms with E-state index < -0.39 is 97.5 Å². The predicted octanol–water partition coefficient (Wildman–Crippen LogP) is 23.3. The molecule has 0 aliphatic heterocycles. The van der Waals surface area contributed by atoms with Gasteiger partial charge in [-0.15, -0.1) is 0 Å². The summed E-state index contributed by atoms with van der Waals surface area (Å²) in [4.78, 5) is 73.0. The van der Waals surface area contributed by atoms with Crippen LogP contribution < -0.4 is 0 Å². The lowest BCUT2D eigenvalue weighted by Crippen LogP contribution is -2.30. The van der Waals surface area contributed by atoms with Crippen LogP contribution in [0.3, 0.4) is 0 Å². The molecule has 0 fully saturated rings. The van der Waals surface area contributed by atoms with Crippen molar-refractivity contribution >= 4 is 39.5 Å². The Kier molecular flexibility index (Phi) is 71.8. The summed E-state index contributed by atoms with van der Waals surface area (Å²) in [5, 5.41) is 10.6. The lowest BCUT2D eigenvalue weighted by atomic mass is 10.1. The van der Waals surface area contributed by atoms with Crippen LogP contribution in [0.2, 0.25) is 0 Å². The first-order chi connectivity index (χ1) is 49.7. The second kappa shape index (κ2) is 75.0. The number of rotatable bonds is 75. The van der Waals surface area contributed by atoms with E-state index in [1.807, 2.05) is 12.2 Å². The maximum Gasteiger partial charge on any atom is 0.472 e. The van der Waals surface area contributed by atoms with Crippen LogP contribution in [0.25, 0.3) is 0 Å². The highest BCUT2D eigenvalue weighted by Gasteiger charge is 2.30. The highest BCUT2D eigenvalue weighted by atomic mass is 31.2. The molecule has 0 saturated heterocycles. The Balaban J connectivity index is 5.44. The molecule has 5 atom stereocenters. The number of unbranched alkanes of at least 4 members (excludes halogenated alkanes) is 32. The minimum atomic E-state index is -5.00. The average Bonchev–Trinajstić information content (AvgIpc) is 0.917. The van der Waals surface area contributed by atoms with Gasteiger partial charge in [-0.3, -0.25) is 37.3 Å². The predicted molar refractivity (Wildman–Crippen MR) is 418 cm³/mol. The van der Waals surface area contributed by atoms with Crippen LogP contribution in [0, 0.1) is 0 Å². The number of carbonyl (C=O) groups excluding carboxylic acids is 4. The zero-order valence-corrected chi connectivity index (χ0v) is 66.0. The van der Waals surface area contributed by atoms with Crippen LogP contribution in [0.5, 0.6) is 0 Å². The molecule has 17 nitrogen and oxygen atoms in total. The molecule has 0 bridgehead atoms. The molecule has 0 heterocycles. The molecule has 102 heavy (non-hydrogen) atoms. The van der Waals surface area contributed by atoms with Crippen LogP contribution in [0.15, 0.2) is 109 Å². The Morgan fingerprint density at radius 1 is 0.284 bits per heavy atom. The number of carbonyl (C=O) groups is 4. The lowest BCUT2D eigenvalue weighted by molar-refractivity contribution is -0.161. The zero-order valence-electron chi connectivity index (χ0n) is 64.3. The summed E-state index contributed by atoms with van der Waals surface area (Å²) in [6.45, 7) is 4.72. The topological polar surface area (TPSA) is 237 Å². The van der Waals surface area contributed by atoms with E-state index in [2.05, 4.69) is 125 Å². The number of hydrogen-bond donors (Lipinski definition) is 3. The van der Waals surface area contributed by atoms with Crippen molar-refractivity contribution in [2.45, 2.75) is 354 Å². The molecule has 0 aliphatic carbocycles. The van der Waals surface area contributed by atoms with Crippen molar-refractivity contribution in [3.8, 4) is 0 Å². The molecule has 0 spiro atoms. The molecule has 0 amide bonds. The van der Waals surface area contributed by atoms with E-state index in [0.717, 1.165) is 148 Å². The van der Waals surface area contributed by atoms with E-state index in [-0.39, 0.29) is 25.7 Å². The van der Waals surface area contributed by atoms with E-state index in [0.29, 0.717) is 32.1 Å². The summed E-state index contributed by atoms with van der Waals surface area (Å²) in [5.74, 6) is -2.27. The largest absolute Gasteiger partial charge is 0.472 e. The third-order valence-electron chi connectivity index (χ3n) is 16.7. The monoisotopic (exact) mass is 1470 g/mol. The Labute approximate surface area is 619 Å². The van der Waals surface area contributed by atoms with Gasteiger partial charge in [0.1, 0.15) is 19.3 Å². The van der Waals surface area contributed by atoms with E-state index in [4.69, 9.17) is 37.0 Å². The van der Waals surface area contributed by atoms with Gasteiger partial charge in [0.05, 0.1) is 26.4 Å². The Hall–Kier alpha value is -4.28. The van der Waals surface area contributed by atoms with Gasteiger partial charge < -0.3 is 33.8 Å². The summed E-state index contributed by atoms with van der Waals surface area (Å²) < 4.78 is 68.5. The molecule has 19 heteroatoms. The third-order valence-corrected chi connectivity index (χ3v) is 18.6. The molecule has 0 rings (SSSR count). The highest BCUT2D eigenvalue weighted by molar-refractivity contribution is 7.47. The minimum absolute atomic E-state index is 0.0144. The standard InChI is InChI=1S/C83H144O17P2/c1-5-9-13-17-21-25-29-33-37-38-42-46-50-54-58-62-66-70-83(88)100-79(74-94-81(86)68-64-60-56-52-48-44-40-35-31-27-23-19-15-11-7-3)76-98-102(91,92)96-72-77(84)71-95-101(89,90)97-75-78(99-82(87)69-65-61-57-53-49-45-41-36-32-28-24-20-16-12-8-4)73-93-80(85)67-63-59-55-51-47-43-39-34-30-26-22-18-14-10-6-2/h21,24-25,27-28,31,33-37,39-42,46,54,58,77-79,84H,5-20,22-23,26,29-30,32,38,43-45,47-53,55-57,59-76H2,1-4H3,(H,89,90)(H,91,92)/b25-21-,28-24-,31-27-,37-33-,39-34-,40-35-,41-36-,46-42-,58-54-/t77-,78-,79-/m1/s1. The van der Waals surface area contributed by atoms with Gasteiger partial charge in [-0.05, 0) is 148 Å². The molecule has 588 valence electrons. The van der Waals surface area contributed by atoms with Crippen molar-refractivity contribution < 1.29 is 80.2 Å². The average molecular weight is 1480 g/mol.